The van der Waals surface area contributed by atoms with Gasteiger partial charge in [0.2, 0.25) is 10.0 Å². The molecule has 0 heterocycles. The van der Waals surface area contributed by atoms with Crippen LogP contribution in [0.15, 0.2) is 35.7 Å². The first kappa shape index (κ1) is 15.6. The Balaban J connectivity index is 2.51. The van der Waals surface area contributed by atoms with Crippen LogP contribution in [0.1, 0.15) is 6.42 Å². The summed E-state index contributed by atoms with van der Waals surface area (Å²) in [5, 5.41) is 0. The number of halogens is 1. The second-order valence-corrected chi connectivity index (χ2v) is 5.54. The third kappa shape index (κ3) is 4.98. The maximum atomic E-state index is 13.2. The van der Waals surface area contributed by atoms with Gasteiger partial charge in [0.15, 0.2) is 0 Å². The van der Waals surface area contributed by atoms with Crippen molar-refractivity contribution in [2.24, 2.45) is 0 Å². The van der Waals surface area contributed by atoms with Crippen LogP contribution in [0.25, 0.3) is 0 Å². The molecule has 0 fully saturated rings. The Morgan fingerprint density at radius 2 is 2.16 bits per heavy atom. The van der Waals surface area contributed by atoms with E-state index in [9.17, 15) is 12.8 Å². The Hall–Kier alpha value is -1.44. The zero-order valence-electron chi connectivity index (χ0n) is 10.4. The van der Waals surface area contributed by atoms with Crippen LogP contribution in [0.3, 0.4) is 0 Å². The Morgan fingerprint density at radius 3 is 2.79 bits per heavy atom. The standard InChI is InChI=1S/C12H17FN2O3S/c1-2-3-7-18-8-6-15-19(16,17)10-4-5-12(14)11(13)9-10/h2,4-5,9,15H,1,3,6-8,14H2. The summed E-state index contributed by atoms with van der Waals surface area (Å²) in [6.45, 7) is 4.38. The van der Waals surface area contributed by atoms with Gasteiger partial charge in [-0.3, -0.25) is 0 Å². The summed E-state index contributed by atoms with van der Waals surface area (Å²) in [4.78, 5) is -0.162. The second-order valence-electron chi connectivity index (χ2n) is 3.77. The van der Waals surface area contributed by atoms with E-state index in [1.165, 1.54) is 12.1 Å². The second kappa shape index (κ2) is 7.22. The maximum Gasteiger partial charge on any atom is 0.240 e. The third-order valence-corrected chi connectivity index (χ3v) is 3.75. The number of nitrogens with one attached hydrogen (secondary N) is 1. The highest BCUT2D eigenvalue weighted by Gasteiger charge is 2.14. The molecule has 0 saturated heterocycles. The van der Waals surface area contributed by atoms with Crippen LogP contribution in [0.5, 0.6) is 0 Å². The quantitative estimate of drug-likeness (QED) is 0.429. The van der Waals surface area contributed by atoms with Crippen molar-refractivity contribution in [3.05, 3.63) is 36.7 Å². The molecule has 5 nitrogen and oxygen atoms in total. The van der Waals surface area contributed by atoms with Gasteiger partial charge in [0.1, 0.15) is 5.82 Å². The number of benzene rings is 1. The molecule has 1 rings (SSSR count). The minimum atomic E-state index is -3.74. The number of rotatable bonds is 8. The summed E-state index contributed by atoms with van der Waals surface area (Å²) in [6, 6.07) is 3.35. The van der Waals surface area contributed by atoms with Crippen LogP contribution in [-0.4, -0.2) is 28.2 Å². The first-order valence-electron chi connectivity index (χ1n) is 5.70. The minimum absolute atomic E-state index is 0.0910. The van der Waals surface area contributed by atoms with Crippen LogP contribution < -0.4 is 10.5 Å². The van der Waals surface area contributed by atoms with Crippen molar-refractivity contribution in [1.29, 1.82) is 0 Å². The highest BCUT2D eigenvalue weighted by atomic mass is 32.2. The van der Waals surface area contributed by atoms with E-state index in [0.717, 1.165) is 6.07 Å². The van der Waals surface area contributed by atoms with Crippen molar-refractivity contribution in [2.45, 2.75) is 11.3 Å². The van der Waals surface area contributed by atoms with E-state index in [2.05, 4.69) is 11.3 Å². The number of hydrogen-bond donors (Lipinski definition) is 2. The zero-order chi connectivity index (χ0) is 14.3. The van der Waals surface area contributed by atoms with Gasteiger partial charge in [0.25, 0.3) is 0 Å². The number of sulfonamides is 1. The van der Waals surface area contributed by atoms with Crippen LogP contribution >= 0.6 is 0 Å². The van der Waals surface area contributed by atoms with Crippen LogP contribution in [0, 0.1) is 5.82 Å². The monoisotopic (exact) mass is 288 g/mol. The topological polar surface area (TPSA) is 81.4 Å². The van der Waals surface area contributed by atoms with E-state index < -0.39 is 15.8 Å². The van der Waals surface area contributed by atoms with Gasteiger partial charge in [0.05, 0.1) is 23.8 Å². The molecule has 0 unspecified atom stereocenters. The molecular formula is C12H17FN2O3S. The molecule has 0 atom stereocenters. The third-order valence-electron chi connectivity index (χ3n) is 2.29. The van der Waals surface area contributed by atoms with E-state index in [-0.39, 0.29) is 23.7 Å². The number of ether oxygens (including phenoxy) is 1. The molecule has 0 aliphatic heterocycles. The molecule has 0 saturated carbocycles. The molecule has 3 N–H and O–H groups in total. The average molecular weight is 288 g/mol. The van der Waals surface area contributed by atoms with Crippen LogP contribution in [0.2, 0.25) is 0 Å². The molecule has 7 heteroatoms. The first-order valence-corrected chi connectivity index (χ1v) is 7.19. The van der Waals surface area contributed by atoms with E-state index in [0.29, 0.717) is 13.0 Å². The predicted octanol–water partition coefficient (Wildman–Crippen LogP) is 1.28. The van der Waals surface area contributed by atoms with E-state index >= 15 is 0 Å². The summed E-state index contributed by atoms with van der Waals surface area (Å²) in [6.07, 6.45) is 2.41. The number of anilines is 1. The Morgan fingerprint density at radius 1 is 1.42 bits per heavy atom. The lowest BCUT2D eigenvalue weighted by molar-refractivity contribution is 0.144. The van der Waals surface area contributed by atoms with E-state index in [4.69, 9.17) is 10.5 Å². The normalized spacial score (nSPS) is 11.4. The number of nitrogen functional groups attached to an aromatic ring is 1. The molecule has 106 valence electrons. The van der Waals surface area contributed by atoms with Gasteiger partial charge in [-0.15, -0.1) is 6.58 Å². The lowest BCUT2D eigenvalue weighted by atomic mass is 10.3. The van der Waals surface area contributed by atoms with Gasteiger partial charge in [-0.05, 0) is 24.6 Å². The fourth-order valence-electron chi connectivity index (χ4n) is 1.28. The van der Waals surface area contributed by atoms with Crippen molar-refractivity contribution in [3.63, 3.8) is 0 Å². The Labute approximate surface area is 112 Å². The lowest BCUT2D eigenvalue weighted by Crippen LogP contribution is -2.27. The van der Waals surface area contributed by atoms with Crippen molar-refractivity contribution in [2.75, 3.05) is 25.5 Å². The zero-order valence-corrected chi connectivity index (χ0v) is 11.2. The molecule has 0 bridgehead atoms. The number of nitrogens with two attached hydrogens (primary N) is 1. The Kier molecular flexibility index (Phi) is 5.94. The largest absolute Gasteiger partial charge is 0.396 e. The molecule has 1 aromatic carbocycles. The van der Waals surface area contributed by atoms with Gasteiger partial charge < -0.3 is 10.5 Å². The van der Waals surface area contributed by atoms with Crippen molar-refractivity contribution in [3.8, 4) is 0 Å². The van der Waals surface area contributed by atoms with Crippen LogP contribution in [-0.2, 0) is 14.8 Å². The predicted molar refractivity (Wildman–Crippen MR) is 71.6 cm³/mol. The van der Waals surface area contributed by atoms with Crippen molar-refractivity contribution in [1.82, 2.24) is 4.72 Å². The molecule has 0 aromatic heterocycles. The van der Waals surface area contributed by atoms with Gasteiger partial charge >= 0.3 is 0 Å². The summed E-state index contributed by atoms with van der Waals surface area (Å²) >= 11 is 0. The fraction of sp³-hybridized carbons (Fsp3) is 0.333. The average Bonchev–Trinajstić information content (AvgIpc) is 2.36. The molecule has 0 aliphatic rings. The number of hydrogen-bond acceptors (Lipinski definition) is 4. The highest BCUT2D eigenvalue weighted by molar-refractivity contribution is 7.89. The highest BCUT2D eigenvalue weighted by Crippen LogP contribution is 2.15. The maximum absolute atomic E-state index is 13.2. The smallest absolute Gasteiger partial charge is 0.240 e. The van der Waals surface area contributed by atoms with Gasteiger partial charge in [-0.25, -0.2) is 17.5 Å². The summed E-state index contributed by atoms with van der Waals surface area (Å²) in [7, 11) is -3.74. The molecule has 0 aliphatic carbocycles. The molecular weight excluding hydrogens is 271 g/mol. The minimum Gasteiger partial charge on any atom is -0.396 e. The van der Waals surface area contributed by atoms with Crippen molar-refractivity contribution >= 4 is 15.7 Å². The fourth-order valence-corrected chi connectivity index (χ4v) is 2.30. The van der Waals surface area contributed by atoms with Gasteiger partial charge in [-0.2, -0.15) is 0 Å². The molecule has 0 radical (unpaired) electrons. The van der Waals surface area contributed by atoms with Crippen LogP contribution in [0.4, 0.5) is 10.1 Å². The van der Waals surface area contributed by atoms with E-state index in [1.54, 1.807) is 6.08 Å². The molecule has 19 heavy (non-hydrogen) atoms. The van der Waals surface area contributed by atoms with Crippen molar-refractivity contribution < 1.29 is 17.5 Å². The first-order chi connectivity index (χ1) is 8.97. The molecule has 1 aromatic rings. The van der Waals surface area contributed by atoms with Gasteiger partial charge in [0, 0.05) is 6.54 Å². The Bertz CT molecular complexity index is 532. The van der Waals surface area contributed by atoms with E-state index in [1.807, 2.05) is 0 Å². The SMILES string of the molecule is C=CCCOCCNS(=O)(=O)c1ccc(N)c(F)c1. The summed E-state index contributed by atoms with van der Waals surface area (Å²) in [5.41, 5.74) is 5.19. The molecule has 0 spiro atoms. The summed E-state index contributed by atoms with van der Waals surface area (Å²) in [5.74, 6) is -0.759. The molecule has 0 amide bonds. The van der Waals surface area contributed by atoms with Gasteiger partial charge in [-0.1, -0.05) is 6.08 Å². The lowest BCUT2D eigenvalue weighted by Gasteiger charge is -2.08. The summed E-state index contributed by atoms with van der Waals surface area (Å²) < 4.78 is 44.2.